The molecule has 0 spiro atoms. The Balaban J connectivity index is 2.77. The van der Waals surface area contributed by atoms with E-state index in [9.17, 15) is 9.59 Å². The minimum absolute atomic E-state index is 0.332. The summed E-state index contributed by atoms with van der Waals surface area (Å²) in [5.41, 5.74) is 0.991. The summed E-state index contributed by atoms with van der Waals surface area (Å²) in [5, 5.41) is 0. The van der Waals surface area contributed by atoms with E-state index in [0.717, 1.165) is 6.42 Å². The fourth-order valence-electron chi connectivity index (χ4n) is 1.63. The average Bonchev–Trinajstić information content (AvgIpc) is 2.66. The summed E-state index contributed by atoms with van der Waals surface area (Å²) >= 11 is 0. The van der Waals surface area contributed by atoms with Crippen LogP contribution in [0.1, 0.15) is 33.1 Å². The van der Waals surface area contributed by atoms with Crippen molar-refractivity contribution < 1.29 is 19.1 Å². The number of carbonyl (C=O) groups is 2. The van der Waals surface area contributed by atoms with E-state index in [-0.39, 0.29) is 11.9 Å². The van der Waals surface area contributed by atoms with Crippen molar-refractivity contribution in [2.45, 2.75) is 33.1 Å². The summed E-state index contributed by atoms with van der Waals surface area (Å²) in [6, 6.07) is 0. The second-order valence-electron chi connectivity index (χ2n) is 3.25. The van der Waals surface area contributed by atoms with Crippen molar-refractivity contribution >= 4 is 11.9 Å². The Labute approximate surface area is 89.2 Å². The zero-order chi connectivity index (χ0) is 11.3. The molecule has 0 saturated carbocycles. The molecular weight excluding hydrogens is 196 g/mol. The molecule has 15 heavy (non-hydrogen) atoms. The second-order valence-corrected chi connectivity index (χ2v) is 3.25. The lowest BCUT2D eigenvalue weighted by atomic mass is 10.1. The van der Waals surface area contributed by atoms with Gasteiger partial charge in [-0.3, -0.25) is 0 Å². The molecule has 0 atom stereocenters. The topological polar surface area (TPSA) is 52.6 Å². The van der Waals surface area contributed by atoms with Gasteiger partial charge in [-0.2, -0.15) is 0 Å². The Hall–Kier alpha value is -1.32. The van der Waals surface area contributed by atoms with Crippen molar-refractivity contribution in [3.8, 4) is 0 Å². The van der Waals surface area contributed by atoms with Crippen LogP contribution in [0.5, 0.6) is 0 Å². The van der Waals surface area contributed by atoms with E-state index in [2.05, 4.69) is 0 Å². The highest BCUT2D eigenvalue weighted by Gasteiger charge is 2.27. The number of hydrogen-bond acceptors (Lipinski definition) is 4. The fourth-order valence-corrected chi connectivity index (χ4v) is 1.63. The zero-order valence-corrected chi connectivity index (χ0v) is 9.17. The molecule has 0 bridgehead atoms. The summed E-state index contributed by atoms with van der Waals surface area (Å²) < 4.78 is 9.76. The first-order chi connectivity index (χ1) is 7.20. The molecule has 0 amide bonds. The molecule has 84 valence electrons. The Morgan fingerprint density at radius 1 is 1.00 bits per heavy atom. The van der Waals surface area contributed by atoms with E-state index in [0.29, 0.717) is 37.2 Å². The number of rotatable bonds is 4. The maximum Gasteiger partial charge on any atom is 0.334 e. The smallest absolute Gasteiger partial charge is 0.334 e. The van der Waals surface area contributed by atoms with Crippen LogP contribution in [-0.4, -0.2) is 25.2 Å². The van der Waals surface area contributed by atoms with Crippen LogP contribution in [0.3, 0.4) is 0 Å². The van der Waals surface area contributed by atoms with Crippen LogP contribution < -0.4 is 0 Å². The summed E-state index contributed by atoms with van der Waals surface area (Å²) in [7, 11) is 0. The number of esters is 2. The molecule has 4 nitrogen and oxygen atoms in total. The van der Waals surface area contributed by atoms with E-state index < -0.39 is 0 Å². The lowest BCUT2D eigenvalue weighted by molar-refractivity contribution is -0.141. The molecule has 1 aliphatic rings. The lowest BCUT2D eigenvalue weighted by Gasteiger charge is -2.06. The van der Waals surface area contributed by atoms with Crippen LogP contribution in [0.2, 0.25) is 0 Å². The third-order valence-electron chi connectivity index (χ3n) is 2.26. The summed E-state index contributed by atoms with van der Waals surface area (Å²) in [6.45, 7) is 4.16. The Bertz CT molecular complexity index is 263. The molecule has 0 aromatic rings. The maximum atomic E-state index is 11.5. The van der Waals surface area contributed by atoms with Crippen molar-refractivity contribution in [2.75, 3.05) is 13.2 Å². The predicted molar refractivity (Wildman–Crippen MR) is 54.1 cm³/mol. The highest BCUT2D eigenvalue weighted by molar-refractivity contribution is 6.01. The normalized spacial score (nSPS) is 15.3. The van der Waals surface area contributed by atoms with Crippen molar-refractivity contribution in [3.05, 3.63) is 11.1 Å². The standard InChI is InChI=1S/C11H16O4/c1-3-14-10(12)8-6-5-7-9(8)11(13)15-4-2/h3-7H2,1-2H3. The molecular formula is C11H16O4. The number of hydrogen-bond donors (Lipinski definition) is 0. The van der Waals surface area contributed by atoms with Gasteiger partial charge in [-0.15, -0.1) is 0 Å². The average molecular weight is 212 g/mol. The van der Waals surface area contributed by atoms with Gasteiger partial charge in [0.15, 0.2) is 0 Å². The molecule has 0 unspecified atom stereocenters. The minimum Gasteiger partial charge on any atom is -0.463 e. The monoisotopic (exact) mass is 212 g/mol. The first kappa shape index (κ1) is 11.8. The summed E-state index contributed by atoms with van der Waals surface area (Å²) in [4.78, 5) is 23.0. The first-order valence-corrected chi connectivity index (χ1v) is 5.27. The zero-order valence-electron chi connectivity index (χ0n) is 9.17. The molecule has 0 saturated heterocycles. The molecule has 0 aromatic heterocycles. The van der Waals surface area contributed by atoms with Gasteiger partial charge in [-0.25, -0.2) is 9.59 Å². The summed E-state index contributed by atoms with van der Waals surface area (Å²) in [6.07, 6.45) is 2.06. The van der Waals surface area contributed by atoms with Crippen molar-refractivity contribution in [1.29, 1.82) is 0 Å². The largest absolute Gasteiger partial charge is 0.463 e. The predicted octanol–water partition coefficient (Wildman–Crippen LogP) is 1.59. The Morgan fingerprint density at radius 2 is 1.40 bits per heavy atom. The highest BCUT2D eigenvalue weighted by Crippen LogP contribution is 2.27. The third-order valence-corrected chi connectivity index (χ3v) is 2.26. The molecule has 0 heterocycles. The van der Waals surface area contributed by atoms with Gasteiger partial charge in [0.25, 0.3) is 0 Å². The quantitative estimate of drug-likeness (QED) is 0.664. The Morgan fingerprint density at radius 3 is 1.73 bits per heavy atom. The molecule has 1 rings (SSSR count). The molecule has 0 radical (unpaired) electrons. The van der Waals surface area contributed by atoms with Gasteiger partial charge in [0, 0.05) is 11.1 Å². The molecule has 1 aliphatic carbocycles. The van der Waals surface area contributed by atoms with E-state index in [1.54, 1.807) is 13.8 Å². The van der Waals surface area contributed by atoms with E-state index >= 15 is 0 Å². The van der Waals surface area contributed by atoms with Gasteiger partial charge in [0.1, 0.15) is 0 Å². The number of carbonyl (C=O) groups excluding carboxylic acids is 2. The highest BCUT2D eigenvalue weighted by atomic mass is 16.5. The first-order valence-electron chi connectivity index (χ1n) is 5.27. The SMILES string of the molecule is CCOC(=O)C1=C(C(=O)OCC)CCC1. The maximum absolute atomic E-state index is 11.5. The van der Waals surface area contributed by atoms with Crippen LogP contribution in [-0.2, 0) is 19.1 Å². The third kappa shape index (κ3) is 2.81. The van der Waals surface area contributed by atoms with E-state index in [1.807, 2.05) is 0 Å². The summed E-state index contributed by atoms with van der Waals surface area (Å²) in [5.74, 6) is -0.754. The van der Waals surface area contributed by atoms with Crippen molar-refractivity contribution in [2.24, 2.45) is 0 Å². The van der Waals surface area contributed by atoms with E-state index in [1.165, 1.54) is 0 Å². The molecule has 0 aliphatic heterocycles. The second kappa shape index (κ2) is 5.53. The van der Waals surface area contributed by atoms with Crippen molar-refractivity contribution in [3.63, 3.8) is 0 Å². The van der Waals surface area contributed by atoms with Crippen molar-refractivity contribution in [1.82, 2.24) is 0 Å². The molecule has 4 heteroatoms. The van der Waals surface area contributed by atoms with E-state index in [4.69, 9.17) is 9.47 Å². The minimum atomic E-state index is -0.377. The van der Waals surface area contributed by atoms with Crippen LogP contribution >= 0.6 is 0 Å². The van der Waals surface area contributed by atoms with Gasteiger partial charge in [-0.05, 0) is 33.1 Å². The van der Waals surface area contributed by atoms with Crippen LogP contribution in [0, 0.1) is 0 Å². The lowest BCUT2D eigenvalue weighted by Crippen LogP contribution is -2.13. The molecule has 0 aromatic carbocycles. The molecule has 0 N–H and O–H groups in total. The fraction of sp³-hybridized carbons (Fsp3) is 0.636. The van der Waals surface area contributed by atoms with Gasteiger partial charge in [0.05, 0.1) is 13.2 Å². The van der Waals surface area contributed by atoms with Crippen LogP contribution in [0.25, 0.3) is 0 Å². The van der Waals surface area contributed by atoms with Gasteiger partial charge < -0.3 is 9.47 Å². The van der Waals surface area contributed by atoms with Gasteiger partial charge in [0.2, 0.25) is 0 Å². The Kier molecular flexibility index (Phi) is 4.34. The molecule has 0 fully saturated rings. The van der Waals surface area contributed by atoms with Crippen LogP contribution in [0.15, 0.2) is 11.1 Å². The van der Waals surface area contributed by atoms with Gasteiger partial charge in [-0.1, -0.05) is 0 Å². The van der Waals surface area contributed by atoms with Gasteiger partial charge >= 0.3 is 11.9 Å². The number of ether oxygens (including phenoxy) is 2. The van der Waals surface area contributed by atoms with Crippen LogP contribution in [0.4, 0.5) is 0 Å².